The molecule has 0 saturated carbocycles. The Morgan fingerprint density at radius 2 is 0.962 bits per heavy atom. The Labute approximate surface area is 165 Å². The molecule has 1 heteroatoms. The van der Waals surface area contributed by atoms with Gasteiger partial charge >= 0.3 is 0 Å². The molecule has 0 heterocycles. The standard InChI is InChI=1S/C25H46P/c1-4-7-10-16-21-26(22-17-11-8-5-2,23-18-12-9-6-3)24-25-19-14-13-15-20-25/h13-15,19-20H,4-12,16-18,21-24H2,1-3H3/q+1. The van der Waals surface area contributed by atoms with Crippen LogP contribution in [-0.2, 0) is 6.16 Å². The number of hydrogen-bond acceptors (Lipinski definition) is 0. The maximum atomic E-state index is 2.39. The van der Waals surface area contributed by atoms with Crippen molar-refractivity contribution in [1.82, 2.24) is 0 Å². The van der Waals surface area contributed by atoms with Crippen LogP contribution in [0.25, 0.3) is 0 Å². The molecule has 0 aromatic heterocycles. The molecule has 0 amide bonds. The van der Waals surface area contributed by atoms with Crippen molar-refractivity contribution in [3.8, 4) is 0 Å². The SMILES string of the molecule is CCCCCC[P+](CCCCCC)(CCCCCC)Cc1ccccc1. The summed E-state index contributed by atoms with van der Waals surface area (Å²) in [5.74, 6) is 0. The van der Waals surface area contributed by atoms with Crippen molar-refractivity contribution in [3.05, 3.63) is 35.9 Å². The van der Waals surface area contributed by atoms with Crippen molar-refractivity contribution in [1.29, 1.82) is 0 Å². The largest absolute Gasteiger partial charge is 0.0842 e. The first-order chi connectivity index (χ1) is 12.8. The molecule has 0 nitrogen and oxygen atoms in total. The Kier molecular flexibility index (Phi) is 14.3. The summed E-state index contributed by atoms with van der Waals surface area (Å²) in [5.41, 5.74) is 1.61. The molecule has 1 rings (SSSR count). The topological polar surface area (TPSA) is 0 Å². The summed E-state index contributed by atoms with van der Waals surface area (Å²) >= 11 is 0. The second kappa shape index (κ2) is 15.7. The fourth-order valence-corrected chi connectivity index (χ4v) is 8.98. The molecular weight excluding hydrogens is 331 g/mol. The minimum absolute atomic E-state index is 0.839. The van der Waals surface area contributed by atoms with Gasteiger partial charge < -0.3 is 0 Å². The van der Waals surface area contributed by atoms with E-state index in [1.54, 1.807) is 24.0 Å². The van der Waals surface area contributed by atoms with Crippen molar-refractivity contribution in [3.63, 3.8) is 0 Å². The second-order valence-corrected chi connectivity index (χ2v) is 12.7. The summed E-state index contributed by atoms with van der Waals surface area (Å²) in [7, 11) is -0.839. The van der Waals surface area contributed by atoms with E-state index in [-0.39, 0.29) is 0 Å². The molecule has 26 heavy (non-hydrogen) atoms. The fraction of sp³-hybridized carbons (Fsp3) is 0.760. The van der Waals surface area contributed by atoms with Crippen LogP contribution >= 0.6 is 7.26 Å². The first-order valence-electron chi connectivity index (χ1n) is 11.7. The molecule has 0 bridgehead atoms. The highest BCUT2D eigenvalue weighted by Gasteiger charge is 2.35. The van der Waals surface area contributed by atoms with E-state index in [4.69, 9.17) is 0 Å². The molecule has 0 atom stereocenters. The molecule has 0 radical (unpaired) electrons. The first kappa shape index (κ1) is 23.7. The van der Waals surface area contributed by atoms with Crippen LogP contribution in [0.15, 0.2) is 30.3 Å². The fourth-order valence-electron chi connectivity index (χ4n) is 4.17. The van der Waals surface area contributed by atoms with Gasteiger partial charge in [0.25, 0.3) is 0 Å². The van der Waals surface area contributed by atoms with Gasteiger partial charge in [0.05, 0.1) is 24.6 Å². The van der Waals surface area contributed by atoms with Gasteiger partial charge in [-0.2, -0.15) is 0 Å². The van der Waals surface area contributed by atoms with E-state index >= 15 is 0 Å². The Morgan fingerprint density at radius 1 is 0.538 bits per heavy atom. The van der Waals surface area contributed by atoms with Crippen LogP contribution in [-0.4, -0.2) is 18.5 Å². The van der Waals surface area contributed by atoms with E-state index in [0.29, 0.717) is 0 Å². The lowest BCUT2D eigenvalue weighted by Crippen LogP contribution is -2.12. The third-order valence-corrected chi connectivity index (χ3v) is 10.6. The van der Waals surface area contributed by atoms with Crippen LogP contribution in [0.1, 0.15) is 103 Å². The zero-order chi connectivity index (χ0) is 18.9. The molecule has 0 aliphatic rings. The van der Waals surface area contributed by atoms with Gasteiger partial charge in [-0.05, 0) is 44.1 Å². The first-order valence-corrected chi connectivity index (χ1v) is 14.2. The van der Waals surface area contributed by atoms with Gasteiger partial charge in [-0.1, -0.05) is 89.6 Å². The van der Waals surface area contributed by atoms with Crippen molar-refractivity contribution >= 4 is 7.26 Å². The van der Waals surface area contributed by atoms with Crippen molar-refractivity contribution in [2.45, 2.75) is 104 Å². The van der Waals surface area contributed by atoms with E-state index in [9.17, 15) is 0 Å². The Morgan fingerprint density at radius 3 is 1.35 bits per heavy atom. The Balaban J connectivity index is 2.77. The second-order valence-electron chi connectivity index (χ2n) is 8.34. The zero-order valence-electron chi connectivity index (χ0n) is 18.1. The van der Waals surface area contributed by atoms with Gasteiger partial charge in [0.15, 0.2) is 0 Å². The molecule has 150 valence electrons. The van der Waals surface area contributed by atoms with E-state index in [1.807, 2.05) is 0 Å². The highest BCUT2D eigenvalue weighted by atomic mass is 31.2. The molecule has 0 N–H and O–H groups in total. The average molecular weight is 378 g/mol. The summed E-state index contributed by atoms with van der Waals surface area (Å²) in [5, 5.41) is 0. The zero-order valence-corrected chi connectivity index (χ0v) is 19.0. The quantitative estimate of drug-likeness (QED) is 0.188. The Hall–Kier alpha value is -0.350. The predicted octanol–water partition coefficient (Wildman–Crippen LogP) is 8.95. The lowest BCUT2D eigenvalue weighted by Gasteiger charge is -2.28. The van der Waals surface area contributed by atoms with Crippen LogP contribution in [0, 0.1) is 0 Å². The van der Waals surface area contributed by atoms with Crippen LogP contribution in [0.2, 0.25) is 0 Å². The maximum Gasteiger partial charge on any atom is 0.0842 e. The highest BCUT2D eigenvalue weighted by molar-refractivity contribution is 7.75. The normalized spacial score (nSPS) is 11.8. The van der Waals surface area contributed by atoms with Gasteiger partial charge in [-0.15, -0.1) is 0 Å². The lowest BCUT2D eigenvalue weighted by molar-refractivity contribution is 0.682. The summed E-state index contributed by atoms with van der Waals surface area (Å²) in [4.78, 5) is 0. The van der Waals surface area contributed by atoms with Crippen molar-refractivity contribution in [2.75, 3.05) is 18.5 Å². The van der Waals surface area contributed by atoms with Crippen LogP contribution in [0.4, 0.5) is 0 Å². The summed E-state index contributed by atoms with van der Waals surface area (Å²) < 4.78 is 0. The third-order valence-electron chi connectivity index (χ3n) is 5.82. The van der Waals surface area contributed by atoms with Gasteiger partial charge in [0, 0.05) is 7.26 Å². The smallest absolute Gasteiger partial charge is 0.0654 e. The van der Waals surface area contributed by atoms with Gasteiger partial charge in [0.1, 0.15) is 0 Å². The molecule has 0 saturated heterocycles. The van der Waals surface area contributed by atoms with E-state index in [2.05, 4.69) is 51.1 Å². The van der Waals surface area contributed by atoms with E-state index < -0.39 is 7.26 Å². The average Bonchev–Trinajstić information content (AvgIpc) is 2.67. The van der Waals surface area contributed by atoms with Crippen LogP contribution in [0.3, 0.4) is 0 Å². The van der Waals surface area contributed by atoms with E-state index in [1.165, 1.54) is 83.2 Å². The number of benzene rings is 1. The summed E-state index contributed by atoms with van der Waals surface area (Å²) in [6.45, 7) is 7.01. The van der Waals surface area contributed by atoms with E-state index in [0.717, 1.165) is 0 Å². The highest BCUT2D eigenvalue weighted by Crippen LogP contribution is 2.63. The predicted molar refractivity (Wildman–Crippen MR) is 124 cm³/mol. The van der Waals surface area contributed by atoms with Gasteiger partial charge in [-0.25, -0.2) is 0 Å². The van der Waals surface area contributed by atoms with Gasteiger partial charge in [0.2, 0.25) is 0 Å². The number of unbranched alkanes of at least 4 members (excludes halogenated alkanes) is 9. The summed E-state index contributed by atoms with van der Waals surface area (Å²) in [6, 6.07) is 11.4. The molecular formula is C25H46P+. The molecule has 0 fully saturated rings. The maximum absolute atomic E-state index is 2.39. The lowest BCUT2D eigenvalue weighted by atomic mass is 10.2. The number of rotatable bonds is 17. The molecule has 0 unspecified atom stereocenters. The van der Waals surface area contributed by atoms with Crippen molar-refractivity contribution in [2.24, 2.45) is 0 Å². The van der Waals surface area contributed by atoms with Crippen LogP contribution < -0.4 is 0 Å². The minimum Gasteiger partial charge on any atom is -0.0654 e. The van der Waals surface area contributed by atoms with Gasteiger partial charge in [-0.3, -0.25) is 0 Å². The molecule has 0 spiro atoms. The molecule has 0 aliphatic carbocycles. The molecule has 1 aromatic carbocycles. The third kappa shape index (κ3) is 10.7. The summed E-state index contributed by atoms with van der Waals surface area (Å²) in [6.07, 6.45) is 23.3. The Bertz CT molecular complexity index is 380. The van der Waals surface area contributed by atoms with Crippen molar-refractivity contribution < 1.29 is 0 Å². The minimum atomic E-state index is -0.839. The molecule has 1 aromatic rings. The number of hydrogen-bond donors (Lipinski definition) is 0. The monoisotopic (exact) mass is 377 g/mol. The van der Waals surface area contributed by atoms with Crippen LogP contribution in [0.5, 0.6) is 0 Å². The molecule has 0 aliphatic heterocycles.